The van der Waals surface area contributed by atoms with Gasteiger partial charge in [0.15, 0.2) is 5.65 Å². The Morgan fingerprint density at radius 3 is 3.00 bits per heavy atom. The molecule has 4 rings (SSSR count). The van der Waals surface area contributed by atoms with Crippen molar-refractivity contribution in [1.82, 2.24) is 19.4 Å². The van der Waals surface area contributed by atoms with Crippen LogP contribution in [-0.2, 0) is 7.05 Å². The van der Waals surface area contributed by atoms with Crippen LogP contribution in [0.5, 0.6) is 0 Å². The molecule has 0 bridgehead atoms. The highest BCUT2D eigenvalue weighted by molar-refractivity contribution is 6.31. The molecule has 1 saturated heterocycles. The summed E-state index contributed by atoms with van der Waals surface area (Å²) < 4.78 is 15.2. The summed E-state index contributed by atoms with van der Waals surface area (Å²) in [4.78, 5) is 23.3. The predicted octanol–water partition coefficient (Wildman–Crippen LogP) is 3.78. The van der Waals surface area contributed by atoms with Crippen LogP contribution in [0.1, 0.15) is 18.2 Å². The largest absolute Gasteiger partial charge is 0.324 e. The molecule has 1 atom stereocenters. The number of urea groups is 1. The number of hydrogen-bond donors (Lipinski definition) is 1. The molecular weight excluding hydrogens is 357 g/mol. The molecule has 0 radical (unpaired) electrons. The highest BCUT2D eigenvalue weighted by Gasteiger charge is 2.30. The third-order valence-electron chi connectivity index (χ3n) is 4.67. The van der Waals surface area contributed by atoms with Crippen LogP contribution in [0.4, 0.5) is 14.9 Å². The van der Waals surface area contributed by atoms with Crippen LogP contribution in [0, 0.1) is 5.82 Å². The standard InChI is InChI=1S/C18H17ClFN5O/c1-24-16(23-15-3-2-7-21-17(15)24)11-6-8-25(10-11)18(26)22-12-4-5-14(20)13(19)9-12/h2-5,7,9,11H,6,8,10H2,1H3,(H,22,26). The summed E-state index contributed by atoms with van der Waals surface area (Å²) in [6.45, 7) is 1.19. The van der Waals surface area contributed by atoms with Crippen molar-refractivity contribution in [3.8, 4) is 0 Å². The summed E-state index contributed by atoms with van der Waals surface area (Å²) in [6, 6.07) is 7.69. The first-order chi connectivity index (χ1) is 12.5. The Labute approximate surface area is 154 Å². The zero-order valence-corrected chi connectivity index (χ0v) is 14.9. The minimum absolute atomic E-state index is 0.0192. The maximum atomic E-state index is 13.2. The van der Waals surface area contributed by atoms with Crippen LogP contribution in [0.2, 0.25) is 5.02 Å². The van der Waals surface area contributed by atoms with Crippen molar-refractivity contribution in [2.24, 2.45) is 7.05 Å². The number of nitrogens with zero attached hydrogens (tertiary/aromatic N) is 4. The first-order valence-corrected chi connectivity index (χ1v) is 8.69. The van der Waals surface area contributed by atoms with Crippen molar-refractivity contribution >= 4 is 34.5 Å². The Balaban J connectivity index is 1.48. The average molecular weight is 374 g/mol. The van der Waals surface area contributed by atoms with Crippen LogP contribution in [0.25, 0.3) is 11.2 Å². The fourth-order valence-corrected chi connectivity index (χ4v) is 3.52. The zero-order valence-electron chi connectivity index (χ0n) is 14.1. The zero-order chi connectivity index (χ0) is 18.3. The average Bonchev–Trinajstić information content (AvgIpc) is 3.24. The van der Waals surface area contributed by atoms with E-state index in [4.69, 9.17) is 11.6 Å². The summed E-state index contributed by atoms with van der Waals surface area (Å²) >= 11 is 5.76. The molecule has 6 nitrogen and oxygen atoms in total. The lowest BCUT2D eigenvalue weighted by atomic mass is 10.1. The molecule has 0 aliphatic carbocycles. The number of hydrogen-bond acceptors (Lipinski definition) is 3. The van der Waals surface area contributed by atoms with Crippen LogP contribution < -0.4 is 5.32 Å². The lowest BCUT2D eigenvalue weighted by Gasteiger charge is -2.17. The Bertz CT molecular complexity index is 989. The second kappa shape index (κ2) is 6.57. The van der Waals surface area contributed by atoms with Crippen molar-refractivity contribution in [3.63, 3.8) is 0 Å². The van der Waals surface area contributed by atoms with Gasteiger partial charge in [-0.15, -0.1) is 0 Å². The Hall–Kier alpha value is -2.67. The first kappa shape index (κ1) is 16.8. The van der Waals surface area contributed by atoms with Crippen LogP contribution in [-0.4, -0.2) is 38.6 Å². The summed E-state index contributed by atoms with van der Waals surface area (Å²) in [5, 5.41) is 2.74. The smallest absolute Gasteiger partial charge is 0.321 e. The molecule has 3 aromatic rings. The molecule has 1 aromatic carbocycles. The number of pyridine rings is 1. The van der Waals surface area contributed by atoms with Gasteiger partial charge < -0.3 is 14.8 Å². The molecule has 8 heteroatoms. The van der Waals surface area contributed by atoms with Gasteiger partial charge in [-0.1, -0.05) is 11.6 Å². The maximum absolute atomic E-state index is 13.2. The highest BCUT2D eigenvalue weighted by Crippen LogP contribution is 2.29. The van der Waals surface area contributed by atoms with E-state index in [1.807, 2.05) is 23.7 Å². The van der Waals surface area contributed by atoms with E-state index in [9.17, 15) is 9.18 Å². The van der Waals surface area contributed by atoms with Crippen LogP contribution in [0.15, 0.2) is 36.5 Å². The second-order valence-electron chi connectivity index (χ2n) is 6.37. The number of anilines is 1. The number of halogens is 2. The van der Waals surface area contributed by atoms with Gasteiger partial charge in [-0.25, -0.2) is 19.2 Å². The lowest BCUT2D eigenvalue weighted by Crippen LogP contribution is -2.33. The summed E-state index contributed by atoms with van der Waals surface area (Å²) in [5.74, 6) is 0.567. The van der Waals surface area contributed by atoms with Gasteiger partial charge in [0.05, 0.1) is 5.02 Å². The number of carbonyl (C=O) groups is 1. The number of likely N-dealkylation sites (tertiary alicyclic amines) is 1. The lowest BCUT2D eigenvalue weighted by molar-refractivity contribution is 0.222. The van der Waals surface area contributed by atoms with E-state index in [-0.39, 0.29) is 17.0 Å². The van der Waals surface area contributed by atoms with E-state index < -0.39 is 5.82 Å². The summed E-state index contributed by atoms with van der Waals surface area (Å²) in [5.41, 5.74) is 2.16. The minimum atomic E-state index is -0.513. The van der Waals surface area contributed by atoms with Crippen molar-refractivity contribution in [3.05, 3.63) is 53.2 Å². The van der Waals surface area contributed by atoms with Crippen LogP contribution in [0.3, 0.4) is 0 Å². The number of aryl methyl sites for hydroxylation is 1. The van der Waals surface area contributed by atoms with Crippen molar-refractivity contribution in [2.45, 2.75) is 12.3 Å². The van der Waals surface area contributed by atoms with Crippen LogP contribution >= 0.6 is 11.6 Å². The quantitative estimate of drug-likeness (QED) is 0.743. The van der Waals surface area contributed by atoms with E-state index in [0.717, 1.165) is 23.4 Å². The predicted molar refractivity (Wildman–Crippen MR) is 97.9 cm³/mol. The monoisotopic (exact) mass is 373 g/mol. The molecule has 26 heavy (non-hydrogen) atoms. The number of amides is 2. The van der Waals surface area contributed by atoms with E-state index in [0.29, 0.717) is 18.8 Å². The third kappa shape index (κ3) is 2.99. The molecule has 1 N–H and O–H groups in total. The van der Waals surface area contributed by atoms with Gasteiger partial charge >= 0.3 is 6.03 Å². The van der Waals surface area contributed by atoms with Gasteiger partial charge in [0.2, 0.25) is 0 Å². The Morgan fingerprint density at radius 1 is 1.38 bits per heavy atom. The van der Waals surface area contributed by atoms with Gasteiger partial charge in [-0.2, -0.15) is 0 Å². The van der Waals surface area contributed by atoms with E-state index in [1.165, 1.54) is 18.2 Å². The van der Waals surface area contributed by atoms with E-state index in [2.05, 4.69) is 15.3 Å². The Kier molecular flexibility index (Phi) is 4.24. The molecule has 1 fully saturated rings. The molecule has 3 heterocycles. The molecular formula is C18H17ClFN5O. The number of aromatic nitrogens is 3. The third-order valence-corrected chi connectivity index (χ3v) is 4.96. The Morgan fingerprint density at radius 2 is 2.23 bits per heavy atom. The minimum Gasteiger partial charge on any atom is -0.324 e. The molecule has 0 spiro atoms. The fraction of sp³-hybridized carbons (Fsp3) is 0.278. The fourth-order valence-electron chi connectivity index (χ4n) is 3.34. The van der Waals surface area contributed by atoms with Gasteiger partial charge in [-0.05, 0) is 36.8 Å². The molecule has 2 aromatic heterocycles. The number of nitrogens with one attached hydrogen (secondary N) is 1. The normalized spacial score (nSPS) is 17.0. The molecule has 2 amide bonds. The first-order valence-electron chi connectivity index (χ1n) is 8.31. The molecule has 0 saturated carbocycles. The molecule has 134 valence electrons. The molecule has 1 aliphatic rings. The number of imidazole rings is 1. The SMILES string of the molecule is Cn1c(C2CCN(C(=O)Nc3ccc(F)c(Cl)c3)C2)nc2cccnc21. The molecule has 1 aliphatic heterocycles. The van der Waals surface area contributed by atoms with Crippen molar-refractivity contribution in [2.75, 3.05) is 18.4 Å². The topological polar surface area (TPSA) is 63.1 Å². The summed E-state index contributed by atoms with van der Waals surface area (Å²) in [6.07, 6.45) is 2.57. The van der Waals surface area contributed by atoms with Gasteiger partial charge in [0, 0.05) is 37.9 Å². The van der Waals surface area contributed by atoms with Gasteiger partial charge in [0.25, 0.3) is 0 Å². The van der Waals surface area contributed by atoms with E-state index >= 15 is 0 Å². The summed E-state index contributed by atoms with van der Waals surface area (Å²) in [7, 11) is 1.95. The second-order valence-corrected chi connectivity index (χ2v) is 6.77. The van der Waals surface area contributed by atoms with Crippen molar-refractivity contribution in [1.29, 1.82) is 0 Å². The van der Waals surface area contributed by atoms with Gasteiger partial charge in [0.1, 0.15) is 17.2 Å². The maximum Gasteiger partial charge on any atom is 0.321 e. The van der Waals surface area contributed by atoms with Gasteiger partial charge in [-0.3, -0.25) is 0 Å². The number of fused-ring (bicyclic) bond motifs is 1. The number of benzene rings is 1. The highest BCUT2D eigenvalue weighted by atomic mass is 35.5. The number of carbonyl (C=O) groups excluding carboxylic acids is 1. The number of rotatable bonds is 2. The molecule has 1 unspecified atom stereocenters. The van der Waals surface area contributed by atoms with Crippen molar-refractivity contribution < 1.29 is 9.18 Å². The van der Waals surface area contributed by atoms with E-state index in [1.54, 1.807) is 11.1 Å².